The van der Waals surface area contributed by atoms with Crippen LogP contribution in [0.5, 0.6) is 0 Å². The van der Waals surface area contributed by atoms with E-state index in [2.05, 4.69) is 32.6 Å². The summed E-state index contributed by atoms with van der Waals surface area (Å²) in [4.78, 5) is 8.73. The van der Waals surface area contributed by atoms with Gasteiger partial charge in [0, 0.05) is 24.4 Å². The van der Waals surface area contributed by atoms with Gasteiger partial charge in [0.05, 0.1) is 11.7 Å². The Morgan fingerprint density at radius 1 is 1.44 bits per heavy atom. The predicted molar refractivity (Wildman–Crippen MR) is 77.8 cm³/mol. The molecule has 3 nitrogen and oxygen atoms in total. The summed E-state index contributed by atoms with van der Waals surface area (Å²) in [6.45, 7) is 12.2. The quantitative estimate of drug-likeness (QED) is 0.915. The first-order chi connectivity index (χ1) is 8.41. The summed E-state index contributed by atoms with van der Waals surface area (Å²) < 4.78 is 0. The highest BCUT2D eigenvalue weighted by Crippen LogP contribution is 2.35. The molecule has 18 heavy (non-hydrogen) atoms. The minimum Gasteiger partial charge on any atom is -0.322 e. The van der Waals surface area contributed by atoms with Crippen LogP contribution in [0.3, 0.4) is 0 Å². The molecule has 1 aliphatic heterocycles. The van der Waals surface area contributed by atoms with E-state index < -0.39 is 0 Å². The first kappa shape index (κ1) is 14.0. The average molecular weight is 267 g/mol. The van der Waals surface area contributed by atoms with Gasteiger partial charge in [-0.15, -0.1) is 11.3 Å². The molecule has 0 bridgehead atoms. The van der Waals surface area contributed by atoms with Crippen molar-refractivity contribution >= 4 is 11.3 Å². The molecule has 1 aliphatic rings. The molecule has 0 amide bonds. The molecule has 2 N–H and O–H groups in total. The smallest absolute Gasteiger partial charge is 0.110 e. The number of nitrogens with zero attached hydrogens (tertiary/aromatic N) is 2. The molecule has 0 fully saturated rings. The number of thiazole rings is 1. The molecule has 1 unspecified atom stereocenters. The zero-order chi connectivity index (χ0) is 13.3. The molecule has 0 radical (unpaired) electrons. The summed E-state index contributed by atoms with van der Waals surface area (Å²) in [7, 11) is 0. The van der Waals surface area contributed by atoms with Crippen LogP contribution in [0.25, 0.3) is 0 Å². The normalized spacial score (nSPS) is 18.7. The van der Waals surface area contributed by atoms with Crippen LogP contribution in [0.1, 0.15) is 55.7 Å². The molecule has 0 saturated heterocycles. The van der Waals surface area contributed by atoms with Gasteiger partial charge >= 0.3 is 0 Å². The highest BCUT2D eigenvalue weighted by atomic mass is 32.1. The van der Waals surface area contributed by atoms with E-state index in [1.54, 1.807) is 0 Å². The van der Waals surface area contributed by atoms with Crippen LogP contribution in [0, 0.1) is 5.41 Å². The Labute approximate surface area is 114 Å². The summed E-state index contributed by atoms with van der Waals surface area (Å²) in [5.41, 5.74) is 7.69. The highest BCUT2D eigenvalue weighted by molar-refractivity contribution is 7.11. The van der Waals surface area contributed by atoms with Gasteiger partial charge in [0.15, 0.2) is 0 Å². The van der Waals surface area contributed by atoms with Crippen LogP contribution in [-0.2, 0) is 13.0 Å². The second-order valence-corrected chi connectivity index (χ2v) is 7.41. The Hall–Kier alpha value is -0.450. The maximum Gasteiger partial charge on any atom is 0.110 e. The largest absolute Gasteiger partial charge is 0.322 e. The number of hydrogen-bond acceptors (Lipinski definition) is 4. The van der Waals surface area contributed by atoms with Gasteiger partial charge in [-0.2, -0.15) is 0 Å². The van der Waals surface area contributed by atoms with Gasteiger partial charge in [-0.25, -0.2) is 4.98 Å². The zero-order valence-corrected chi connectivity index (χ0v) is 12.8. The van der Waals surface area contributed by atoms with E-state index in [0.29, 0.717) is 0 Å². The van der Waals surface area contributed by atoms with Crippen LogP contribution in [0.4, 0.5) is 0 Å². The van der Waals surface area contributed by atoms with Crippen molar-refractivity contribution in [3.05, 3.63) is 15.6 Å². The number of fused-ring (bicyclic) bond motifs is 1. The third-order valence-electron chi connectivity index (χ3n) is 3.57. The maximum atomic E-state index is 6.31. The Balaban J connectivity index is 2.15. The lowest BCUT2D eigenvalue weighted by Crippen LogP contribution is -2.30. The molecule has 4 heteroatoms. The fourth-order valence-electron chi connectivity index (χ4n) is 2.28. The minimum atomic E-state index is 0.0488. The first-order valence-electron chi connectivity index (χ1n) is 6.88. The summed E-state index contributed by atoms with van der Waals surface area (Å²) in [5, 5.41) is 1.12. The lowest BCUT2D eigenvalue weighted by Gasteiger charge is -2.25. The van der Waals surface area contributed by atoms with Gasteiger partial charge in [-0.05, 0) is 18.4 Å². The fourth-order valence-corrected chi connectivity index (χ4v) is 3.68. The highest BCUT2D eigenvalue weighted by Gasteiger charge is 2.28. The molecule has 1 aromatic heterocycles. The monoisotopic (exact) mass is 267 g/mol. The lowest BCUT2D eigenvalue weighted by atomic mass is 9.88. The summed E-state index contributed by atoms with van der Waals surface area (Å²) >= 11 is 1.82. The number of hydrogen-bond donors (Lipinski definition) is 1. The average Bonchev–Trinajstić information content (AvgIpc) is 2.70. The summed E-state index contributed by atoms with van der Waals surface area (Å²) in [6, 6.07) is 0.0488. The van der Waals surface area contributed by atoms with Crippen molar-refractivity contribution in [1.29, 1.82) is 0 Å². The molecular formula is C14H25N3S. The second kappa shape index (κ2) is 5.27. The van der Waals surface area contributed by atoms with Crippen LogP contribution in [0.2, 0.25) is 0 Å². The van der Waals surface area contributed by atoms with E-state index in [4.69, 9.17) is 10.7 Å². The van der Waals surface area contributed by atoms with E-state index >= 15 is 0 Å². The van der Waals surface area contributed by atoms with E-state index in [1.807, 2.05) is 11.3 Å². The van der Waals surface area contributed by atoms with Crippen LogP contribution >= 0.6 is 11.3 Å². The van der Waals surface area contributed by atoms with Crippen molar-refractivity contribution in [2.24, 2.45) is 11.1 Å². The van der Waals surface area contributed by atoms with Crippen LogP contribution in [0.15, 0.2) is 0 Å². The van der Waals surface area contributed by atoms with Gasteiger partial charge in [-0.3, -0.25) is 4.90 Å². The molecule has 1 atom stereocenters. The molecule has 102 valence electrons. The number of aromatic nitrogens is 1. The van der Waals surface area contributed by atoms with Gasteiger partial charge < -0.3 is 5.73 Å². The number of rotatable bonds is 3. The minimum absolute atomic E-state index is 0.0488. The molecular weight excluding hydrogens is 242 g/mol. The Kier molecular flexibility index (Phi) is 4.09. The zero-order valence-electron chi connectivity index (χ0n) is 12.0. The third kappa shape index (κ3) is 2.92. The SMILES string of the molecule is CCCN1CCc2nc(C(N)C(C)(C)C)sc2C1. The summed E-state index contributed by atoms with van der Waals surface area (Å²) in [5.74, 6) is 0. The molecule has 2 rings (SSSR count). The van der Waals surface area contributed by atoms with E-state index in [0.717, 1.165) is 24.5 Å². The van der Waals surface area contributed by atoms with Crippen molar-refractivity contribution in [3.63, 3.8) is 0 Å². The van der Waals surface area contributed by atoms with Gasteiger partial charge in [0.25, 0.3) is 0 Å². The van der Waals surface area contributed by atoms with Gasteiger partial charge in [0.2, 0.25) is 0 Å². The third-order valence-corrected chi connectivity index (χ3v) is 4.73. The van der Waals surface area contributed by atoms with Crippen molar-refractivity contribution in [2.75, 3.05) is 13.1 Å². The Bertz CT molecular complexity index is 406. The topological polar surface area (TPSA) is 42.2 Å². The van der Waals surface area contributed by atoms with Crippen molar-refractivity contribution in [1.82, 2.24) is 9.88 Å². The second-order valence-electron chi connectivity index (χ2n) is 6.29. The molecule has 1 aromatic rings. The Morgan fingerprint density at radius 3 is 2.78 bits per heavy atom. The fraction of sp³-hybridized carbons (Fsp3) is 0.786. The van der Waals surface area contributed by atoms with E-state index in [1.165, 1.54) is 23.5 Å². The van der Waals surface area contributed by atoms with Crippen molar-refractivity contribution in [2.45, 2.75) is 53.1 Å². The van der Waals surface area contributed by atoms with E-state index in [9.17, 15) is 0 Å². The van der Waals surface area contributed by atoms with Crippen LogP contribution < -0.4 is 5.73 Å². The lowest BCUT2D eigenvalue weighted by molar-refractivity contribution is 0.256. The molecule has 0 saturated carbocycles. The predicted octanol–water partition coefficient (Wildman–Crippen LogP) is 2.96. The van der Waals surface area contributed by atoms with Crippen molar-refractivity contribution in [3.8, 4) is 0 Å². The van der Waals surface area contributed by atoms with E-state index in [-0.39, 0.29) is 11.5 Å². The molecule has 2 heterocycles. The maximum absolute atomic E-state index is 6.31. The molecule has 0 aromatic carbocycles. The van der Waals surface area contributed by atoms with Crippen molar-refractivity contribution < 1.29 is 0 Å². The first-order valence-corrected chi connectivity index (χ1v) is 7.70. The summed E-state index contributed by atoms with van der Waals surface area (Å²) in [6.07, 6.45) is 2.31. The van der Waals surface area contributed by atoms with Crippen LogP contribution in [-0.4, -0.2) is 23.0 Å². The van der Waals surface area contributed by atoms with Gasteiger partial charge in [-0.1, -0.05) is 27.7 Å². The molecule has 0 spiro atoms. The standard InChI is InChI=1S/C14H25N3S/c1-5-7-17-8-6-10-11(9-17)18-13(16-10)12(15)14(2,3)4/h12H,5-9,15H2,1-4H3. The number of nitrogens with two attached hydrogens (primary N) is 1. The Morgan fingerprint density at radius 2 is 2.17 bits per heavy atom. The van der Waals surface area contributed by atoms with Gasteiger partial charge in [0.1, 0.15) is 5.01 Å². The molecule has 0 aliphatic carbocycles.